The maximum atomic E-state index is 11.8. The van der Waals surface area contributed by atoms with Gasteiger partial charge in [-0.15, -0.1) is 0 Å². The molecule has 0 unspecified atom stereocenters. The molecule has 0 radical (unpaired) electrons. The minimum atomic E-state index is -0.997. The van der Waals surface area contributed by atoms with Gasteiger partial charge < -0.3 is 10.1 Å². The summed E-state index contributed by atoms with van der Waals surface area (Å²) in [5.74, 6) is -1.34. The van der Waals surface area contributed by atoms with E-state index >= 15 is 0 Å². The average Bonchev–Trinajstić information content (AvgIpc) is 3.06. The van der Waals surface area contributed by atoms with E-state index in [1.807, 2.05) is 0 Å². The normalized spacial score (nSPS) is 10.6. The quantitative estimate of drug-likeness (QED) is 0.683. The Morgan fingerprint density at radius 3 is 2.90 bits per heavy atom. The van der Waals surface area contributed by atoms with Crippen LogP contribution in [0.4, 0.5) is 5.13 Å². The zero-order valence-corrected chi connectivity index (χ0v) is 10.8. The number of rotatable bonds is 3. The summed E-state index contributed by atoms with van der Waals surface area (Å²) in [5.41, 5.74) is 1.16. The Balaban J connectivity index is 1.89. The molecule has 2 heterocycles. The maximum Gasteiger partial charge on any atom is 0.335 e. The van der Waals surface area contributed by atoms with Gasteiger partial charge in [0.1, 0.15) is 5.69 Å². The standard InChI is InChI=1S/C12H8N4O3S/c17-10(8-4-13-5-14-8)16-12-15-7-2-1-6(11(18)19)3-9(7)20-12/h1-5H,(H,13,14)(H,18,19)(H,15,16,17). The van der Waals surface area contributed by atoms with Gasteiger partial charge in [0, 0.05) is 0 Å². The maximum absolute atomic E-state index is 11.8. The van der Waals surface area contributed by atoms with E-state index in [9.17, 15) is 9.59 Å². The number of H-pyrrole nitrogens is 1. The molecule has 0 fully saturated rings. The number of amides is 1. The summed E-state index contributed by atoms with van der Waals surface area (Å²) in [6.07, 6.45) is 2.82. The molecule has 3 aromatic rings. The van der Waals surface area contributed by atoms with E-state index in [4.69, 9.17) is 5.11 Å². The molecule has 8 heteroatoms. The van der Waals surface area contributed by atoms with Gasteiger partial charge in [-0.3, -0.25) is 10.1 Å². The number of aromatic nitrogens is 3. The molecule has 0 saturated carbocycles. The van der Waals surface area contributed by atoms with Gasteiger partial charge in [-0.05, 0) is 18.2 Å². The number of anilines is 1. The summed E-state index contributed by atoms with van der Waals surface area (Å²) in [6.45, 7) is 0. The van der Waals surface area contributed by atoms with Crippen LogP contribution in [0.3, 0.4) is 0 Å². The predicted molar refractivity (Wildman–Crippen MR) is 73.1 cm³/mol. The average molecular weight is 288 g/mol. The van der Waals surface area contributed by atoms with Crippen molar-refractivity contribution in [2.45, 2.75) is 0 Å². The Labute approximate surface area is 116 Å². The number of carboxylic acids is 1. The number of carbonyl (C=O) groups excluding carboxylic acids is 1. The molecule has 0 aliphatic heterocycles. The Hall–Kier alpha value is -2.74. The third kappa shape index (κ3) is 2.24. The summed E-state index contributed by atoms with van der Waals surface area (Å²) < 4.78 is 0.699. The van der Waals surface area contributed by atoms with E-state index in [1.54, 1.807) is 6.07 Å². The van der Waals surface area contributed by atoms with Crippen LogP contribution in [0, 0.1) is 0 Å². The molecule has 20 heavy (non-hydrogen) atoms. The van der Waals surface area contributed by atoms with E-state index in [0.717, 1.165) is 0 Å². The molecule has 0 atom stereocenters. The van der Waals surface area contributed by atoms with Crippen LogP contribution in [0.15, 0.2) is 30.7 Å². The molecule has 3 N–H and O–H groups in total. The predicted octanol–water partition coefficient (Wildman–Crippen LogP) is 1.97. The van der Waals surface area contributed by atoms with Crippen molar-refractivity contribution in [1.29, 1.82) is 0 Å². The second-order valence-corrected chi connectivity index (χ2v) is 4.96. The molecule has 0 bridgehead atoms. The zero-order valence-electron chi connectivity index (χ0n) is 9.95. The number of thiazole rings is 1. The molecule has 0 saturated heterocycles. The summed E-state index contributed by atoms with van der Waals surface area (Å²) >= 11 is 1.21. The van der Waals surface area contributed by atoms with Gasteiger partial charge in [-0.1, -0.05) is 11.3 Å². The van der Waals surface area contributed by atoms with Crippen LogP contribution in [0.5, 0.6) is 0 Å². The first-order valence-electron chi connectivity index (χ1n) is 5.57. The number of hydrogen-bond acceptors (Lipinski definition) is 5. The van der Waals surface area contributed by atoms with E-state index in [0.29, 0.717) is 21.0 Å². The Kier molecular flexibility index (Phi) is 2.92. The van der Waals surface area contributed by atoms with E-state index in [2.05, 4.69) is 20.3 Å². The minimum Gasteiger partial charge on any atom is -0.478 e. The van der Waals surface area contributed by atoms with Gasteiger partial charge in [0.25, 0.3) is 5.91 Å². The Morgan fingerprint density at radius 2 is 2.20 bits per heavy atom. The molecule has 1 aromatic carbocycles. The smallest absolute Gasteiger partial charge is 0.335 e. The first-order valence-corrected chi connectivity index (χ1v) is 6.39. The van der Waals surface area contributed by atoms with E-state index < -0.39 is 5.97 Å². The number of fused-ring (bicyclic) bond motifs is 1. The largest absolute Gasteiger partial charge is 0.478 e. The second-order valence-electron chi connectivity index (χ2n) is 3.93. The Morgan fingerprint density at radius 1 is 1.35 bits per heavy atom. The molecule has 0 aliphatic rings. The third-order valence-electron chi connectivity index (χ3n) is 2.60. The highest BCUT2D eigenvalue weighted by atomic mass is 32.1. The molecule has 100 valence electrons. The van der Waals surface area contributed by atoms with E-state index in [1.165, 1.54) is 36.0 Å². The number of benzene rings is 1. The Bertz CT molecular complexity index is 794. The van der Waals surface area contributed by atoms with Crippen molar-refractivity contribution in [1.82, 2.24) is 15.0 Å². The fourth-order valence-electron chi connectivity index (χ4n) is 1.66. The summed E-state index contributed by atoms with van der Waals surface area (Å²) in [4.78, 5) is 33.4. The van der Waals surface area contributed by atoms with E-state index in [-0.39, 0.29) is 11.5 Å². The number of imidazole rings is 1. The van der Waals surface area contributed by atoms with Crippen molar-refractivity contribution in [3.05, 3.63) is 42.0 Å². The molecule has 2 aromatic heterocycles. The molecule has 0 spiro atoms. The van der Waals surface area contributed by atoms with Crippen LogP contribution in [-0.4, -0.2) is 31.9 Å². The highest BCUT2D eigenvalue weighted by Gasteiger charge is 2.12. The van der Waals surface area contributed by atoms with Crippen molar-refractivity contribution in [3.63, 3.8) is 0 Å². The summed E-state index contributed by atoms with van der Waals surface area (Å²) in [5, 5.41) is 12.0. The second kappa shape index (κ2) is 4.74. The highest BCUT2D eigenvalue weighted by molar-refractivity contribution is 7.22. The zero-order chi connectivity index (χ0) is 14.1. The number of aromatic carboxylic acids is 1. The lowest BCUT2D eigenvalue weighted by Crippen LogP contribution is -2.11. The van der Waals surface area contributed by atoms with Crippen LogP contribution in [0.1, 0.15) is 20.8 Å². The fourth-order valence-corrected chi connectivity index (χ4v) is 2.56. The van der Waals surface area contributed by atoms with Crippen LogP contribution >= 0.6 is 11.3 Å². The van der Waals surface area contributed by atoms with Crippen LogP contribution in [-0.2, 0) is 0 Å². The molecular weight excluding hydrogens is 280 g/mol. The number of nitrogens with one attached hydrogen (secondary N) is 2. The topological polar surface area (TPSA) is 108 Å². The molecule has 7 nitrogen and oxygen atoms in total. The first kappa shape index (κ1) is 12.3. The number of nitrogens with zero attached hydrogens (tertiary/aromatic N) is 2. The van der Waals surface area contributed by atoms with Crippen LogP contribution < -0.4 is 5.32 Å². The van der Waals surface area contributed by atoms with Crippen LogP contribution in [0.2, 0.25) is 0 Å². The number of carboxylic acid groups (broad SMARTS) is 1. The fraction of sp³-hybridized carbons (Fsp3) is 0. The van der Waals surface area contributed by atoms with Crippen LogP contribution in [0.25, 0.3) is 10.2 Å². The number of carbonyl (C=O) groups is 2. The van der Waals surface area contributed by atoms with Crippen molar-refractivity contribution in [2.24, 2.45) is 0 Å². The third-order valence-corrected chi connectivity index (χ3v) is 3.53. The molecule has 1 amide bonds. The first-order chi connectivity index (χ1) is 9.63. The van der Waals surface area contributed by atoms with Gasteiger partial charge in [-0.25, -0.2) is 14.8 Å². The SMILES string of the molecule is O=C(O)c1ccc2nc(NC(=O)c3cnc[nH]3)sc2c1. The lowest BCUT2D eigenvalue weighted by Gasteiger charge is -1.96. The van der Waals surface area contributed by atoms with Gasteiger partial charge in [0.05, 0.1) is 28.3 Å². The van der Waals surface area contributed by atoms with Gasteiger partial charge in [0.15, 0.2) is 5.13 Å². The molecule has 0 aliphatic carbocycles. The minimum absolute atomic E-state index is 0.188. The van der Waals surface area contributed by atoms with Crippen molar-refractivity contribution < 1.29 is 14.7 Å². The lowest BCUT2D eigenvalue weighted by molar-refractivity contribution is 0.0697. The van der Waals surface area contributed by atoms with Gasteiger partial charge in [-0.2, -0.15) is 0 Å². The van der Waals surface area contributed by atoms with Crippen molar-refractivity contribution >= 4 is 38.6 Å². The highest BCUT2D eigenvalue weighted by Crippen LogP contribution is 2.27. The molecular formula is C12H8N4O3S. The van der Waals surface area contributed by atoms with Gasteiger partial charge in [0.2, 0.25) is 0 Å². The lowest BCUT2D eigenvalue weighted by atomic mass is 10.2. The van der Waals surface area contributed by atoms with Crippen molar-refractivity contribution in [3.8, 4) is 0 Å². The summed E-state index contributed by atoms with van der Waals surface area (Å²) in [6, 6.07) is 4.62. The van der Waals surface area contributed by atoms with Crippen molar-refractivity contribution in [2.75, 3.05) is 5.32 Å². The molecule has 3 rings (SSSR count). The summed E-state index contributed by atoms with van der Waals surface area (Å²) in [7, 11) is 0. The monoisotopic (exact) mass is 288 g/mol. The number of aromatic amines is 1. The van der Waals surface area contributed by atoms with Gasteiger partial charge >= 0.3 is 5.97 Å². The number of hydrogen-bond donors (Lipinski definition) is 3.